The summed E-state index contributed by atoms with van der Waals surface area (Å²) in [7, 11) is 0. The van der Waals surface area contributed by atoms with E-state index in [0.29, 0.717) is 12.0 Å². The molecule has 0 saturated carbocycles. The Balaban J connectivity index is 2.42. The first-order chi connectivity index (χ1) is 15.4. The number of rotatable bonds is 18. The lowest BCUT2D eigenvalue weighted by Gasteiger charge is -2.16. The molecule has 0 radical (unpaired) electrons. The van der Waals surface area contributed by atoms with Crippen molar-refractivity contribution in [2.24, 2.45) is 0 Å². The second kappa shape index (κ2) is 16.9. The summed E-state index contributed by atoms with van der Waals surface area (Å²) in [6.07, 6.45) is 15.9. The van der Waals surface area contributed by atoms with E-state index in [4.69, 9.17) is 9.84 Å². The Hall–Kier alpha value is -2.70. The van der Waals surface area contributed by atoms with Gasteiger partial charge in [-0.3, -0.25) is 14.9 Å². The molecule has 0 aliphatic carbocycles. The molecule has 1 rings (SSSR count). The summed E-state index contributed by atoms with van der Waals surface area (Å²) in [6.45, 7) is 2.15. The number of unbranched alkanes of at least 4 members (excludes halogenated alkanes) is 8. The number of nitro groups is 1. The minimum absolute atomic E-state index is 0.0533. The summed E-state index contributed by atoms with van der Waals surface area (Å²) in [5.74, 6) is -1.18. The van der Waals surface area contributed by atoms with Crippen LogP contribution in [-0.4, -0.2) is 28.1 Å². The minimum atomic E-state index is -0.730. The quantitative estimate of drug-likeness (QED) is 0.0866. The number of carbonyl (C=O) groups is 2. The van der Waals surface area contributed by atoms with Crippen molar-refractivity contribution < 1.29 is 24.4 Å². The molecule has 1 aromatic rings. The van der Waals surface area contributed by atoms with Crippen molar-refractivity contribution in [1.82, 2.24) is 0 Å². The molecule has 178 valence electrons. The topological polar surface area (TPSA) is 107 Å². The number of nitro benzene ring substituents is 1. The molecule has 0 aliphatic rings. The maximum atomic E-state index is 12.5. The summed E-state index contributed by atoms with van der Waals surface area (Å²) < 4.78 is 5.70. The number of carboxylic acid groups (broad SMARTS) is 1. The number of esters is 1. The third-order valence-corrected chi connectivity index (χ3v) is 5.29. The van der Waals surface area contributed by atoms with E-state index < -0.39 is 16.9 Å². The normalized spacial score (nSPS) is 12.0. The van der Waals surface area contributed by atoms with E-state index in [9.17, 15) is 19.7 Å². The second-order valence-corrected chi connectivity index (χ2v) is 8.09. The molecule has 0 aromatic heterocycles. The molecule has 0 fully saturated rings. The van der Waals surface area contributed by atoms with Crippen LogP contribution >= 0.6 is 0 Å². The molecular weight excluding hydrogens is 410 g/mol. The summed E-state index contributed by atoms with van der Waals surface area (Å²) in [5, 5.41) is 19.4. The van der Waals surface area contributed by atoms with Crippen LogP contribution in [0.1, 0.15) is 101 Å². The predicted octanol–water partition coefficient (Wildman–Crippen LogP) is 6.85. The van der Waals surface area contributed by atoms with E-state index >= 15 is 0 Å². The Morgan fingerprint density at radius 2 is 1.66 bits per heavy atom. The zero-order valence-electron chi connectivity index (χ0n) is 19.2. The van der Waals surface area contributed by atoms with Gasteiger partial charge in [0.2, 0.25) is 0 Å². The van der Waals surface area contributed by atoms with Crippen LogP contribution in [-0.2, 0) is 9.53 Å². The third kappa shape index (κ3) is 12.9. The van der Waals surface area contributed by atoms with Gasteiger partial charge < -0.3 is 9.84 Å². The van der Waals surface area contributed by atoms with E-state index in [1.165, 1.54) is 24.3 Å². The molecular formula is C25H37NO6. The first kappa shape index (κ1) is 27.3. The van der Waals surface area contributed by atoms with Crippen molar-refractivity contribution in [2.75, 3.05) is 0 Å². The van der Waals surface area contributed by atoms with E-state index in [1.807, 2.05) is 0 Å². The van der Waals surface area contributed by atoms with Gasteiger partial charge in [-0.2, -0.15) is 0 Å². The van der Waals surface area contributed by atoms with E-state index in [2.05, 4.69) is 19.1 Å². The van der Waals surface area contributed by atoms with Crippen LogP contribution in [0, 0.1) is 10.1 Å². The molecule has 1 aromatic carbocycles. The number of ether oxygens (including phenoxy) is 1. The van der Waals surface area contributed by atoms with Crippen molar-refractivity contribution in [2.45, 2.75) is 96.5 Å². The Bertz CT molecular complexity index is 714. The number of aliphatic carboxylic acids is 1. The van der Waals surface area contributed by atoms with Crippen LogP contribution in [0.3, 0.4) is 0 Å². The third-order valence-electron chi connectivity index (χ3n) is 5.29. The first-order valence-electron chi connectivity index (χ1n) is 11.8. The zero-order valence-corrected chi connectivity index (χ0v) is 19.2. The minimum Gasteiger partial charge on any atom is -0.481 e. The summed E-state index contributed by atoms with van der Waals surface area (Å²) in [6, 6.07) is 5.49. The molecule has 7 heteroatoms. The van der Waals surface area contributed by atoms with Crippen molar-refractivity contribution in [3.05, 3.63) is 52.1 Å². The molecule has 32 heavy (non-hydrogen) atoms. The molecule has 1 N–H and O–H groups in total. The molecule has 0 bridgehead atoms. The molecule has 0 saturated heterocycles. The number of carbonyl (C=O) groups excluding carboxylic acids is 1. The fraction of sp³-hybridized carbons (Fsp3) is 0.600. The highest BCUT2D eigenvalue weighted by molar-refractivity contribution is 5.89. The number of allylic oxidation sites excluding steroid dienone is 1. The summed E-state index contributed by atoms with van der Waals surface area (Å²) in [5.41, 5.74) is 0.267. The number of benzene rings is 1. The maximum Gasteiger partial charge on any atom is 0.338 e. The van der Waals surface area contributed by atoms with Crippen LogP contribution in [0.5, 0.6) is 0 Å². The van der Waals surface area contributed by atoms with Crippen molar-refractivity contribution >= 4 is 17.6 Å². The zero-order chi connectivity index (χ0) is 23.6. The summed E-state index contributed by atoms with van der Waals surface area (Å²) >= 11 is 0. The van der Waals surface area contributed by atoms with Crippen LogP contribution in [0.25, 0.3) is 0 Å². The van der Waals surface area contributed by atoms with Crippen LogP contribution < -0.4 is 0 Å². The molecule has 7 nitrogen and oxygen atoms in total. The van der Waals surface area contributed by atoms with E-state index in [-0.39, 0.29) is 18.2 Å². The number of hydrogen-bond acceptors (Lipinski definition) is 5. The van der Waals surface area contributed by atoms with Crippen molar-refractivity contribution in [1.29, 1.82) is 0 Å². The van der Waals surface area contributed by atoms with Gasteiger partial charge >= 0.3 is 11.9 Å². The van der Waals surface area contributed by atoms with Gasteiger partial charge in [0.15, 0.2) is 0 Å². The average Bonchev–Trinajstić information content (AvgIpc) is 2.77. The molecule has 0 aliphatic heterocycles. The van der Waals surface area contributed by atoms with Gasteiger partial charge in [-0.05, 0) is 44.2 Å². The average molecular weight is 448 g/mol. The molecule has 0 amide bonds. The molecule has 0 heterocycles. The van der Waals surface area contributed by atoms with Gasteiger partial charge in [-0.1, -0.05) is 57.6 Å². The Kier molecular flexibility index (Phi) is 14.5. The van der Waals surface area contributed by atoms with Crippen LogP contribution in [0.4, 0.5) is 5.69 Å². The number of hydrogen-bond donors (Lipinski definition) is 1. The standard InChI is InChI=1S/C25H37NO6/c1-2-3-4-11-14-23(15-12-9-7-5-6-8-10-13-16-24(27)28)32-25(29)21-17-19-22(20-18-21)26(30)31/h9,12,17-20,23H,2-8,10-11,13-16H2,1H3,(H,27,28)/t23-/m1/s1. The highest BCUT2D eigenvalue weighted by Crippen LogP contribution is 2.17. The highest BCUT2D eigenvalue weighted by atomic mass is 16.6. The lowest BCUT2D eigenvalue weighted by Crippen LogP contribution is -2.18. The maximum absolute atomic E-state index is 12.5. The fourth-order valence-corrected chi connectivity index (χ4v) is 3.40. The number of nitrogens with zero attached hydrogens (tertiary/aromatic N) is 1. The first-order valence-corrected chi connectivity index (χ1v) is 11.8. The fourth-order valence-electron chi connectivity index (χ4n) is 3.40. The largest absolute Gasteiger partial charge is 0.481 e. The van der Waals surface area contributed by atoms with Crippen molar-refractivity contribution in [3.8, 4) is 0 Å². The van der Waals surface area contributed by atoms with Gasteiger partial charge in [0.25, 0.3) is 5.69 Å². The Labute approximate surface area is 191 Å². The van der Waals surface area contributed by atoms with Crippen LogP contribution in [0.2, 0.25) is 0 Å². The van der Waals surface area contributed by atoms with Gasteiger partial charge in [-0.15, -0.1) is 0 Å². The van der Waals surface area contributed by atoms with E-state index in [1.54, 1.807) is 0 Å². The number of carboxylic acids is 1. The van der Waals surface area contributed by atoms with Gasteiger partial charge in [-0.25, -0.2) is 4.79 Å². The summed E-state index contributed by atoms with van der Waals surface area (Å²) in [4.78, 5) is 33.2. The Morgan fingerprint density at radius 1 is 1.00 bits per heavy atom. The second-order valence-electron chi connectivity index (χ2n) is 8.09. The number of non-ortho nitro benzene ring substituents is 1. The van der Waals surface area contributed by atoms with E-state index in [0.717, 1.165) is 70.6 Å². The predicted molar refractivity (Wildman–Crippen MR) is 125 cm³/mol. The molecule has 0 unspecified atom stereocenters. The highest BCUT2D eigenvalue weighted by Gasteiger charge is 2.16. The van der Waals surface area contributed by atoms with Gasteiger partial charge in [0.05, 0.1) is 10.5 Å². The SMILES string of the molecule is CCCCCC[C@H](CC=CCCCCCCCC(=O)O)OC(=O)c1ccc([N+](=O)[O-])cc1. The molecule has 1 atom stereocenters. The lowest BCUT2D eigenvalue weighted by molar-refractivity contribution is -0.384. The lowest BCUT2D eigenvalue weighted by atomic mass is 10.1. The van der Waals surface area contributed by atoms with Crippen molar-refractivity contribution in [3.63, 3.8) is 0 Å². The van der Waals surface area contributed by atoms with Gasteiger partial charge in [0.1, 0.15) is 6.10 Å². The molecule has 0 spiro atoms. The smallest absolute Gasteiger partial charge is 0.338 e. The van der Waals surface area contributed by atoms with Gasteiger partial charge in [0, 0.05) is 25.0 Å². The van der Waals surface area contributed by atoms with Crippen LogP contribution in [0.15, 0.2) is 36.4 Å². The Morgan fingerprint density at radius 3 is 2.31 bits per heavy atom. The monoisotopic (exact) mass is 447 g/mol.